The van der Waals surface area contributed by atoms with Crippen LogP contribution in [0.25, 0.3) is 0 Å². The third-order valence-electron chi connectivity index (χ3n) is 6.68. The van der Waals surface area contributed by atoms with Crippen molar-refractivity contribution in [2.75, 3.05) is 39.3 Å². The van der Waals surface area contributed by atoms with Crippen molar-refractivity contribution in [2.24, 2.45) is 5.92 Å². The van der Waals surface area contributed by atoms with Crippen LogP contribution in [-0.2, 0) is 24.8 Å². The minimum Gasteiger partial charge on any atom is -0.492 e. The quantitative estimate of drug-likeness (QED) is 0.494. The summed E-state index contributed by atoms with van der Waals surface area (Å²) in [5.74, 6) is 0.168. The van der Waals surface area contributed by atoms with E-state index in [1.165, 1.54) is 8.61 Å². The minimum atomic E-state index is -3.56. The summed E-state index contributed by atoms with van der Waals surface area (Å²) in [6.07, 6.45) is 2.70. The molecule has 2 aromatic carbocycles. The van der Waals surface area contributed by atoms with E-state index in [9.17, 15) is 21.6 Å². The Morgan fingerprint density at radius 3 is 1.89 bits per heavy atom. The van der Waals surface area contributed by atoms with Gasteiger partial charge in [0.2, 0.25) is 26.0 Å². The first-order valence-corrected chi connectivity index (χ1v) is 15.1. The lowest BCUT2D eigenvalue weighted by atomic mass is 9.97. The number of sulfonamides is 2. The van der Waals surface area contributed by atoms with Crippen molar-refractivity contribution in [3.8, 4) is 5.75 Å². The second kappa shape index (κ2) is 11.3. The van der Waals surface area contributed by atoms with Gasteiger partial charge in [-0.3, -0.25) is 4.79 Å². The largest absolute Gasteiger partial charge is 0.492 e. The number of aryl methyl sites for hydroxylation is 1. The molecule has 2 aliphatic heterocycles. The number of ether oxygens (including phenoxy) is 1. The number of hydrogen-bond donors (Lipinski definition) is 1. The van der Waals surface area contributed by atoms with Crippen molar-refractivity contribution < 1.29 is 26.4 Å². The summed E-state index contributed by atoms with van der Waals surface area (Å²) < 4.78 is 59.4. The van der Waals surface area contributed by atoms with E-state index in [-0.39, 0.29) is 28.2 Å². The molecule has 0 bridgehead atoms. The lowest BCUT2D eigenvalue weighted by molar-refractivity contribution is -0.126. The number of nitrogens with zero attached hydrogens (tertiary/aromatic N) is 2. The van der Waals surface area contributed by atoms with E-state index in [0.717, 1.165) is 18.4 Å². The fourth-order valence-electron chi connectivity index (χ4n) is 4.49. The van der Waals surface area contributed by atoms with Crippen LogP contribution in [0.5, 0.6) is 5.75 Å². The van der Waals surface area contributed by atoms with Crippen LogP contribution < -0.4 is 10.1 Å². The maximum absolute atomic E-state index is 12.8. The van der Waals surface area contributed by atoms with Crippen molar-refractivity contribution in [1.82, 2.24) is 13.9 Å². The van der Waals surface area contributed by atoms with E-state index in [4.69, 9.17) is 4.74 Å². The van der Waals surface area contributed by atoms with E-state index >= 15 is 0 Å². The summed E-state index contributed by atoms with van der Waals surface area (Å²) in [4.78, 5) is 13.1. The van der Waals surface area contributed by atoms with E-state index in [1.54, 1.807) is 48.5 Å². The maximum atomic E-state index is 12.8. The number of benzene rings is 2. The first-order chi connectivity index (χ1) is 17.2. The average Bonchev–Trinajstić information content (AvgIpc) is 3.43. The van der Waals surface area contributed by atoms with E-state index in [1.807, 2.05) is 6.92 Å². The van der Waals surface area contributed by atoms with E-state index in [2.05, 4.69) is 5.32 Å². The van der Waals surface area contributed by atoms with Crippen molar-refractivity contribution in [3.05, 3.63) is 54.1 Å². The van der Waals surface area contributed by atoms with Gasteiger partial charge in [0.15, 0.2) is 0 Å². The van der Waals surface area contributed by atoms with Gasteiger partial charge in [0, 0.05) is 32.1 Å². The monoisotopic (exact) mass is 535 g/mol. The summed E-state index contributed by atoms with van der Waals surface area (Å²) in [5.41, 5.74) is 0.996. The molecule has 196 valence electrons. The lowest BCUT2D eigenvalue weighted by Crippen LogP contribution is -2.43. The molecule has 2 fully saturated rings. The molecule has 11 heteroatoms. The van der Waals surface area contributed by atoms with Gasteiger partial charge in [-0.05, 0) is 69.0 Å². The first-order valence-electron chi connectivity index (χ1n) is 12.3. The van der Waals surface area contributed by atoms with Crippen molar-refractivity contribution in [2.45, 2.75) is 42.4 Å². The van der Waals surface area contributed by atoms with Gasteiger partial charge in [0.05, 0.1) is 16.3 Å². The molecule has 2 aromatic rings. The third-order valence-corrected chi connectivity index (χ3v) is 10.5. The Labute approximate surface area is 213 Å². The molecule has 2 heterocycles. The fourth-order valence-corrected chi connectivity index (χ4v) is 7.48. The van der Waals surface area contributed by atoms with Gasteiger partial charge in [-0.25, -0.2) is 16.8 Å². The minimum absolute atomic E-state index is 0.113. The second-order valence-corrected chi connectivity index (χ2v) is 13.1. The van der Waals surface area contributed by atoms with Gasteiger partial charge in [-0.1, -0.05) is 17.7 Å². The SMILES string of the molecule is Cc1ccc(S(=O)(=O)N2CCC(C(=O)NCCOc3ccc(S(=O)(=O)N4CCCC4)cc3)CC2)cc1. The molecule has 0 atom stereocenters. The number of piperidine rings is 1. The Balaban J connectivity index is 1.19. The van der Waals surface area contributed by atoms with Gasteiger partial charge < -0.3 is 10.1 Å². The summed E-state index contributed by atoms with van der Waals surface area (Å²) in [5, 5.41) is 2.85. The summed E-state index contributed by atoms with van der Waals surface area (Å²) in [6, 6.07) is 13.1. The van der Waals surface area contributed by atoms with Crippen molar-refractivity contribution in [3.63, 3.8) is 0 Å². The van der Waals surface area contributed by atoms with Crippen LogP contribution >= 0.6 is 0 Å². The van der Waals surface area contributed by atoms with E-state index in [0.29, 0.717) is 51.3 Å². The van der Waals surface area contributed by atoms with Gasteiger partial charge >= 0.3 is 0 Å². The highest BCUT2D eigenvalue weighted by molar-refractivity contribution is 7.89. The van der Waals surface area contributed by atoms with Crippen LogP contribution in [0.4, 0.5) is 0 Å². The molecular formula is C25H33N3O6S2. The highest BCUT2D eigenvalue weighted by Crippen LogP contribution is 2.25. The fraction of sp³-hybridized carbons (Fsp3) is 0.480. The number of amides is 1. The highest BCUT2D eigenvalue weighted by atomic mass is 32.2. The van der Waals surface area contributed by atoms with Crippen molar-refractivity contribution in [1.29, 1.82) is 0 Å². The topological polar surface area (TPSA) is 113 Å². The van der Waals surface area contributed by atoms with Crippen LogP contribution in [0.3, 0.4) is 0 Å². The lowest BCUT2D eigenvalue weighted by Gasteiger charge is -2.30. The number of carbonyl (C=O) groups is 1. The molecule has 2 saturated heterocycles. The van der Waals surface area contributed by atoms with E-state index < -0.39 is 20.0 Å². The zero-order chi connectivity index (χ0) is 25.8. The van der Waals surface area contributed by atoms with Gasteiger partial charge in [0.1, 0.15) is 12.4 Å². The Kier molecular flexibility index (Phi) is 8.34. The van der Waals surface area contributed by atoms with Crippen LogP contribution in [0.1, 0.15) is 31.2 Å². The van der Waals surface area contributed by atoms with Gasteiger partial charge in [-0.15, -0.1) is 0 Å². The molecule has 0 aliphatic carbocycles. The predicted octanol–water partition coefficient (Wildman–Crippen LogP) is 2.38. The molecule has 4 rings (SSSR count). The molecule has 1 N–H and O–H groups in total. The number of carbonyl (C=O) groups excluding carboxylic acids is 1. The standard InChI is InChI=1S/C25H33N3O6S2/c1-20-4-8-23(9-5-20)36(32,33)28-17-12-21(13-18-28)25(29)26-14-19-34-22-6-10-24(11-7-22)35(30,31)27-15-2-3-16-27/h4-11,21H,2-3,12-19H2,1H3,(H,26,29). The summed E-state index contributed by atoms with van der Waals surface area (Å²) >= 11 is 0. The molecule has 0 aromatic heterocycles. The molecule has 0 radical (unpaired) electrons. The zero-order valence-electron chi connectivity index (χ0n) is 20.4. The molecule has 9 nitrogen and oxygen atoms in total. The first kappa shape index (κ1) is 26.6. The molecule has 1 amide bonds. The number of nitrogens with one attached hydrogen (secondary N) is 1. The zero-order valence-corrected chi connectivity index (χ0v) is 22.1. The Bertz CT molecular complexity index is 1250. The molecule has 0 unspecified atom stereocenters. The molecule has 0 saturated carbocycles. The Hall–Kier alpha value is -2.47. The molecular weight excluding hydrogens is 502 g/mol. The smallest absolute Gasteiger partial charge is 0.243 e. The van der Waals surface area contributed by atoms with Crippen LogP contribution in [0.2, 0.25) is 0 Å². The third kappa shape index (κ3) is 6.08. The number of rotatable bonds is 9. The Morgan fingerprint density at radius 1 is 0.833 bits per heavy atom. The average molecular weight is 536 g/mol. The predicted molar refractivity (Wildman–Crippen MR) is 136 cm³/mol. The summed E-state index contributed by atoms with van der Waals surface area (Å²) in [6.45, 7) is 4.17. The highest BCUT2D eigenvalue weighted by Gasteiger charge is 2.32. The molecule has 2 aliphatic rings. The molecule has 0 spiro atoms. The molecule has 36 heavy (non-hydrogen) atoms. The maximum Gasteiger partial charge on any atom is 0.243 e. The van der Waals surface area contributed by atoms with Crippen LogP contribution in [-0.4, -0.2) is 70.7 Å². The number of hydrogen-bond acceptors (Lipinski definition) is 6. The van der Waals surface area contributed by atoms with Gasteiger partial charge in [-0.2, -0.15) is 8.61 Å². The second-order valence-electron chi connectivity index (χ2n) is 9.21. The van der Waals surface area contributed by atoms with Crippen molar-refractivity contribution >= 4 is 26.0 Å². The van der Waals surface area contributed by atoms with Crippen LogP contribution in [0.15, 0.2) is 58.3 Å². The summed E-state index contributed by atoms with van der Waals surface area (Å²) in [7, 11) is -7.01. The normalized spacial score (nSPS) is 18.2. The van der Waals surface area contributed by atoms with Crippen LogP contribution in [0, 0.1) is 12.8 Å². The Morgan fingerprint density at radius 2 is 1.33 bits per heavy atom. The van der Waals surface area contributed by atoms with Gasteiger partial charge in [0.25, 0.3) is 0 Å².